The Morgan fingerprint density at radius 2 is 2.24 bits per heavy atom. The van der Waals surface area contributed by atoms with Crippen LogP contribution in [0.2, 0.25) is 0 Å². The van der Waals surface area contributed by atoms with Gasteiger partial charge in [0.25, 0.3) is 5.56 Å². The minimum absolute atomic E-state index is 0.0958. The Kier molecular flexibility index (Phi) is 4.23. The number of hydrogen-bond acceptors (Lipinski definition) is 3. The summed E-state index contributed by atoms with van der Waals surface area (Å²) in [5, 5.41) is 1.74. The van der Waals surface area contributed by atoms with E-state index in [0.29, 0.717) is 0 Å². The standard InChI is InChI=1S/C12H14BrNO2S/c1-16-9-4-5-11-10(8-9)12(15)14(17-11)7-3-2-6-13/h4-5,8H,2-3,6-7H2,1H3. The van der Waals surface area contributed by atoms with E-state index in [-0.39, 0.29) is 5.56 Å². The number of ether oxygens (including phenoxy) is 1. The fourth-order valence-corrected chi connectivity index (χ4v) is 3.08. The van der Waals surface area contributed by atoms with Crippen molar-refractivity contribution in [2.45, 2.75) is 19.4 Å². The van der Waals surface area contributed by atoms with Crippen LogP contribution in [0.4, 0.5) is 0 Å². The van der Waals surface area contributed by atoms with E-state index >= 15 is 0 Å². The van der Waals surface area contributed by atoms with Gasteiger partial charge in [-0.15, -0.1) is 0 Å². The molecule has 0 aliphatic heterocycles. The lowest BCUT2D eigenvalue weighted by atomic mass is 10.2. The number of aryl methyl sites for hydroxylation is 1. The first-order valence-corrected chi connectivity index (χ1v) is 7.39. The minimum Gasteiger partial charge on any atom is -0.497 e. The maximum atomic E-state index is 12.1. The molecule has 0 atom stereocenters. The second kappa shape index (κ2) is 5.69. The minimum atomic E-state index is 0.0958. The third kappa shape index (κ3) is 2.72. The number of methoxy groups -OCH3 is 1. The summed E-state index contributed by atoms with van der Waals surface area (Å²) in [4.78, 5) is 12.1. The van der Waals surface area contributed by atoms with Crippen LogP contribution in [0.25, 0.3) is 10.1 Å². The third-order valence-electron chi connectivity index (χ3n) is 2.60. The summed E-state index contributed by atoms with van der Waals surface area (Å²) in [5.41, 5.74) is 0.0958. The van der Waals surface area contributed by atoms with Gasteiger partial charge < -0.3 is 4.74 Å². The van der Waals surface area contributed by atoms with Gasteiger partial charge in [0.1, 0.15) is 5.75 Å². The molecule has 3 nitrogen and oxygen atoms in total. The summed E-state index contributed by atoms with van der Waals surface area (Å²) < 4.78 is 7.98. The summed E-state index contributed by atoms with van der Waals surface area (Å²) >= 11 is 4.92. The van der Waals surface area contributed by atoms with Crippen molar-refractivity contribution in [3.63, 3.8) is 0 Å². The number of rotatable bonds is 5. The smallest absolute Gasteiger partial charge is 0.268 e. The molecule has 0 spiro atoms. The highest BCUT2D eigenvalue weighted by Gasteiger charge is 2.08. The molecule has 0 N–H and O–H groups in total. The Labute approximate surface area is 112 Å². The highest BCUT2D eigenvalue weighted by atomic mass is 79.9. The molecule has 0 unspecified atom stereocenters. The Hall–Kier alpha value is -0.810. The number of aromatic nitrogens is 1. The molecule has 1 aromatic heterocycles. The van der Waals surface area contributed by atoms with Crippen LogP contribution in [0.5, 0.6) is 5.75 Å². The highest BCUT2D eigenvalue weighted by Crippen LogP contribution is 2.22. The van der Waals surface area contributed by atoms with Gasteiger partial charge in [0.05, 0.1) is 17.2 Å². The van der Waals surface area contributed by atoms with Crippen LogP contribution in [0.3, 0.4) is 0 Å². The molecule has 17 heavy (non-hydrogen) atoms. The average Bonchev–Trinajstić information content (AvgIpc) is 2.66. The molecule has 0 aliphatic carbocycles. The molecule has 0 amide bonds. The van der Waals surface area contributed by atoms with Gasteiger partial charge in [-0.25, -0.2) is 0 Å². The van der Waals surface area contributed by atoms with Gasteiger partial charge in [-0.05, 0) is 31.0 Å². The van der Waals surface area contributed by atoms with Crippen LogP contribution in [0, 0.1) is 0 Å². The van der Waals surface area contributed by atoms with Crippen molar-refractivity contribution in [1.29, 1.82) is 0 Å². The van der Waals surface area contributed by atoms with Crippen LogP contribution in [-0.2, 0) is 6.54 Å². The van der Waals surface area contributed by atoms with Gasteiger partial charge in [0.2, 0.25) is 0 Å². The summed E-state index contributed by atoms with van der Waals surface area (Å²) in [6.07, 6.45) is 2.11. The summed E-state index contributed by atoms with van der Waals surface area (Å²) in [6.45, 7) is 0.798. The van der Waals surface area contributed by atoms with Crippen molar-refractivity contribution in [3.8, 4) is 5.75 Å². The van der Waals surface area contributed by atoms with Crippen LogP contribution in [0.15, 0.2) is 23.0 Å². The lowest BCUT2D eigenvalue weighted by Crippen LogP contribution is -2.12. The molecule has 0 saturated carbocycles. The topological polar surface area (TPSA) is 31.2 Å². The van der Waals surface area contributed by atoms with Gasteiger partial charge in [-0.2, -0.15) is 0 Å². The summed E-state index contributed by atoms with van der Waals surface area (Å²) in [7, 11) is 1.61. The summed E-state index contributed by atoms with van der Waals surface area (Å²) in [5.74, 6) is 0.736. The molecule has 0 saturated heterocycles. The van der Waals surface area contributed by atoms with Crippen molar-refractivity contribution in [3.05, 3.63) is 28.6 Å². The molecule has 0 aliphatic rings. The Bertz CT molecular complexity index is 561. The zero-order chi connectivity index (χ0) is 12.3. The SMILES string of the molecule is COc1ccc2sn(CCCCBr)c(=O)c2c1. The van der Waals surface area contributed by atoms with Crippen molar-refractivity contribution >= 4 is 37.5 Å². The van der Waals surface area contributed by atoms with Crippen molar-refractivity contribution in [2.75, 3.05) is 12.4 Å². The van der Waals surface area contributed by atoms with E-state index in [4.69, 9.17) is 4.74 Å². The van der Waals surface area contributed by atoms with Crippen molar-refractivity contribution < 1.29 is 4.74 Å². The number of alkyl halides is 1. The van der Waals surface area contributed by atoms with Crippen LogP contribution in [0.1, 0.15) is 12.8 Å². The Balaban J connectivity index is 2.32. The van der Waals surface area contributed by atoms with Gasteiger partial charge >= 0.3 is 0 Å². The molecule has 5 heteroatoms. The number of fused-ring (bicyclic) bond motifs is 1. The van der Waals surface area contributed by atoms with E-state index in [0.717, 1.165) is 40.6 Å². The third-order valence-corrected chi connectivity index (χ3v) is 4.28. The normalized spacial score (nSPS) is 10.9. The Morgan fingerprint density at radius 3 is 2.94 bits per heavy atom. The van der Waals surface area contributed by atoms with Crippen LogP contribution in [-0.4, -0.2) is 16.4 Å². The molecular weight excluding hydrogens is 302 g/mol. The number of nitrogens with zero attached hydrogens (tertiary/aromatic N) is 1. The van der Waals surface area contributed by atoms with Gasteiger partial charge in [0.15, 0.2) is 0 Å². The zero-order valence-electron chi connectivity index (χ0n) is 9.61. The predicted octanol–water partition coefficient (Wildman–Crippen LogP) is 3.25. The fraction of sp³-hybridized carbons (Fsp3) is 0.417. The van der Waals surface area contributed by atoms with Crippen molar-refractivity contribution in [2.24, 2.45) is 0 Å². The lowest BCUT2D eigenvalue weighted by Gasteiger charge is -1.97. The zero-order valence-corrected chi connectivity index (χ0v) is 12.0. The van der Waals surface area contributed by atoms with E-state index < -0.39 is 0 Å². The second-order valence-corrected chi connectivity index (χ2v) is 5.61. The van der Waals surface area contributed by atoms with E-state index in [1.54, 1.807) is 7.11 Å². The monoisotopic (exact) mass is 315 g/mol. The molecule has 1 heterocycles. The number of benzene rings is 1. The maximum absolute atomic E-state index is 12.1. The molecule has 2 aromatic rings. The number of hydrogen-bond donors (Lipinski definition) is 0. The van der Waals surface area contributed by atoms with E-state index in [2.05, 4.69) is 15.9 Å². The molecule has 0 radical (unpaired) electrons. The average molecular weight is 316 g/mol. The molecule has 92 valence electrons. The molecule has 2 rings (SSSR count). The first kappa shape index (κ1) is 12.6. The first-order chi connectivity index (χ1) is 8.26. The quantitative estimate of drug-likeness (QED) is 0.626. The van der Waals surface area contributed by atoms with E-state index in [1.807, 2.05) is 22.2 Å². The molecular formula is C12H14BrNO2S. The van der Waals surface area contributed by atoms with Gasteiger partial charge in [0, 0.05) is 11.9 Å². The van der Waals surface area contributed by atoms with Gasteiger partial charge in [-0.1, -0.05) is 27.5 Å². The fourth-order valence-electron chi connectivity index (χ4n) is 1.67. The van der Waals surface area contributed by atoms with E-state index in [1.165, 1.54) is 11.5 Å². The molecule has 0 bridgehead atoms. The largest absolute Gasteiger partial charge is 0.497 e. The molecule has 0 fully saturated rings. The van der Waals surface area contributed by atoms with Crippen LogP contribution < -0.4 is 10.3 Å². The lowest BCUT2D eigenvalue weighted by molar-refractivity contribution is 0.415. The van der Waals surface area contributed by atoms with Crippen LogP contribution >= 0.6 is 27.5 Å². The first-order valence-electron chi connectivity index (χ1n) is 5.50. The predicted molar refractivity (Wildman–Crippen MR) is 75.7 cm³/mol. The molecule has 1 aromatic carbocycles. The second-order valence-electron chi connectivity index (χ2n) is 3.76. The van der Waals surface area contributed by atoms with E-state index in [9.17, 15) is 4.79 Å². The van der Waals surface area contributed by atoms with Crippen molar-refractivity contribution in [1.82, 2.24) is 3.96 Å². The number of unbranched alkanes of at least 4 members (excludes halogenated alkanes) is 1. The summed E-state index contributed by atoms with van der Waals surface area (Å²) in [6, 6.07) is 5.65. The Morgan fingerprint density at radius 1 is 1.41 bits per heavy atom. The highest BCUT2D eigenvalue weighted by molar-refractivity contribution is 9.09. The van der Waals surface area contributed by atoms with Gasteiger partial charge in [-0.3, -0.25) is 8.75 Å². The number of halogens is 1. The maximum Gasteiger partial charge on any atom is 0.268 e.